The molecule has 0 aliphatic carbocycles. The molecule has 0 aliphatic rings. The van der Waals surface area contributed by atoms with Crippen molar-refractivity contribution >= 4 is 34.4 Å². The molecular weight excluding hydrogens is 276 g/mol. The zero-order valence-corrected chi connectivity index (χ0v) is 12.8. The van der Waals surface area contributed by atoms with Gasteiger partial charge in [0.05, 0.1) is 23.3 Å². The maximum absolute atomic E-state index is 5.76. The summed E-state index contributed by atoms with van der Waals surface area (Å²) in [6.45, 7) is 4.72. The molecule has 0 unspecified atom stereocenters. The highest BCUT2D eigenvalue weighted by molar-refractivity contribution is 7.80. The number of hydrogen-bond acceptors (Lipinski definition) is 5. The number of aromatic nitrogens is 2. The molecule has 2 N–H and O–H groups in total. The summed E-state index contributed by atoms with van der Waals surface area (Å²) in [7, 11) is 1.99. The average molecular weight is 292 g/mol. The van der Waals surface area contributed by atoms with E-state index in [9.17, 15) is 0 Å². The second-order valence-corrected chi connectivity index (χ2v) is 5.78. The number of aryl methyl sites for hydroxylation is 2. The Balaban J connectivity index is 2.32. The maximum Gasteiger partial charge on any atom is 0.139 e. The SMILES string of the molecule is Cc1ccc(C(N)=S)c(N(C)Cc2scnc2C)n1. The van der Waals surface area contributed by atoms with Gasteiger partial charge in [0.2, 0.25) is 0 Å². The first-order valence-corrected chi connectivity index (χ1v) is 7.15. The molecule has 2 heterocycles. The highest BCUT2D eigenvalue weighted by Gasteiger charge is 2.13. The summed E-state index contributed by atoms with van der Waals surface area (Å²) in [6, 6.07) is 3.85. The van der Waals surface area contributed by atoms with Crippen molar-refractivity contribution in [2.24, 2.45) is 5.73 Å². The van der Waals surface area contributed by atoms with Gasteiger partial charge in [-0.25, -0.2) is 9.97 Å². The van der Waals surface area contributed by atoms with Gasteiger partial charge in [0.25, 0.3) is 0 Å². The van der Waals surface area contributed by atoms with E-state index in [1.165, 1.54) is 4.88 Å². The smallest absolute Gasteiger partial charge is 0.139 e. The fourth-order valence-corrected chi connectivity index (χ4v) is 2.78. The number of pyridine rings is 1. The monoisotopic (exact) mass is 292 g/mol. The first-order chi connectivity index (χ1) is 8.99. The van der Waals surface area contributed by atoms with Gasteiger partial charge in [0.1, 0.15) is 10.8 Å². The molecule has 0 aliphatic heterocycles. The van der Waals surface area contributed by atoms with Gasteiger partial charge in [-0.05, 0) is 26.0 Å². The van der Waals surface area contributed by atoms with Crippen LogP contribution in [0.1, 0.15) is 21.8 Å². The van der Waals surface area contributed by atoms with Crippen molar-refractivity contribution in [3.8, 4) is 0 Å². The zero-order valence-electron chi connectivity index (χ0n) is 11.2. The van der Waals surface area contributed by atoms with Crippen LogP contribution in [-0.4, -0.2) is 22.0 Å². The van der Waals surface area contributed by atoms with Crippen LogP contribution in [0.3, 0.4) is 0 Å². The van der Waals surface area contributed by atoms with E-state index in [1.807, 2.05) is 38.5 Å². The standard InChI is InChI=1S/C13H16N4S2/c1-8-4-5-10(12(14)18)13(16-8)17(3)6-11-9(2)15-7-19-11/h4-5,7H,6H2,1-3H3,(H2,14,18). The summed E-state index contributed by atoms with van der Waals surface area (Å²) in [5, 5.41) is 0. The van der Waals surface area contributed by atoms with E-state index in [2.05, 4.69) is 14.9 Å². The van der Waals surface area contributed by atoms with Crippen LogP contribution in [0, 0.1) is 13.8 Å². The normalized spacial score (nSPS) is 10.5. The second kappa shape index (κ2) is 5.63. The number of thiocarbonyl (C=S) groups is 1. The first kappa shape index (κ1) is 13.9. The van der Waals surface area contributed by atoms with Crippen LogP contribution in [0.4, 0.5) is 5.82 Å². The van der Waals surface area contributed by atoms with Crippen LogP contribution in [0.15, 0.2) is 17.6 Å². The van der Waals surface area contributed by atoms with Gasteiger partial charge in [-0.2, -0.15) is 0 Å². The van der Waals surface area contributed by atoms with Crippen molar-refractivity contribution in [3.05, 3.63) is 39.5 Å². The highest BCUT2D eigenvalue weighted by atomic mass is 32.1. The van der Waals surface area contributed by atoms with Crippen molar-refractivity contribution in [3.63, 3.8) is 0 Å². The van der Waals surface area contributed by atoms with E-state index in [-0.39, 0.29) is 0 Å². The molecule has 100 valence electrons. The van der Waals surface area contributed by atoms with Crippen molar-refractivity contribution < 1.29 is 0 Å². The molecule has 2 aromatic heterocycles. The van der Waals surface area contributed by atoms with Gasteiger partial charge in [0, 0.05) is 17.6 Å². The van der Waals surface area contributed by atoms with E-state index >= 15 is 0 Å². The summed E-state index contributed by atoms with van der Waals surface area (Å²) in [6.07, 6.45) is 0. The quantitative estimate of drug-likeness (QED) is 0.877. The molecular formula is C13H16N4S2. The van der Waals surface area contributed by atoms with Gasteiger partial charge in [-0.15, -0.1) is 11.3 Å². The van der Waals surface area contributed by atoms with E-state index in [4.69, 9.17) is 18.0 Å². The van der Waals surface area contributed by atoms with Crippen LogP contribution < -0.4 is 10.6 Å². The summed E-state index contributed by atoms with van der Waals surface area (Å²) in [4.78, 5) is 12.5. The van der Waals surface area contributed by atoms with Crippen LogP contribution in [0.2, 0.25) is 0 Å². The molecule has 0 saturated carbocycles. The Morgan fingerprint density at radius 3 is 2.74 bits per heavy atom. The van der Waals surface area contributed by atoms with Crippen molar-refractivity contribution in [2.75, 3.05) is 11.9 Å². The van der Waals surface area contributed by atoms with E-state index in [1.54, 1.807) is 11.3 Å². The van der Waals surface area contributed by atoms with Crippen molar-refractivity contribution in [1.82, 2.24) is 9.97 Å². The Labute approximate surface area is 122 Å². The van der Waals surface area contributed by atoms with Gasteiger partial charge in [0.15, 0.2) is 0 Å². The molecule has 4 nitrogen and oxygen atoms in total. The Bertz CT molecular complexity index is 606. The molecule has 0 atom stereocenters. The number of anilines is 1. The van der Waals surface area contributed by atoms with E-state index in [0.29, 0.717) is 4.99 Å². The third-order valence-corrected chi connectivity index (χ3v) is 4.01. The van der Waals surface area contributed by atoms with Gasteiger partial charge in [-0.1, -0.05) is 12.2 Å². The lowest BCUT2D eigenvalue weighted by molar-refractivity contribution is 0.894. The molecule has 0 fully saturated rings. The Morgan fingerprint density at radius 1 is 1.42 bits per heavy atom. The maximum atomic E-state index is 5.76. The molecule has 2 rings (SSSR count). The molecule has 0 saturated heterocycles. The van der Waals surface area contributed by atoms with Crippen LogP contribution in [-0.2, 0) is 6.54 Å². The lowest BCUT2D eigenvalue weighted by Gasteiger charge is -2.21. The minimum atomic E-state index is 0.371. The van der Waals surface area contributed by atoms with Crippen LogP contribution in [0.5, 0.6) is 0 Å². The molecule has 0 bridgehead atoms. The molecule has 0 spiro atoms. The Hall–Kier alpha value is -1.53. The minimum absolute atomic E-state index is 0.371. The number of nitrogens with zero attached hydrogens (tertiary/aromatic N) is 3. The number of nitrogens with two attached hydrogens (primary N) is 1. The minimum Gasteiger partial charge on any atom is -0.389 e. The topological polar surface area (TPSA) is 55.0 Å². The Kier molecular flexibility index (Phi) is 4.11. The summed E-state index contributed by atoms with van der Waals surface area (Å²) < 4.78 is 0. The fraction of sp³-hybridized carbons (Fsp3) is 0.308. The van der Waals surface area contributed by atoms with Crippen LogP contribution in [0.25, 0.3) is 0 Å². The predicted octanol–water partition coefficient (Wildman–Crippen LogP) is 2.43. The first-order valence-electron chi connectivity index (χ1n) is 5.86. The van der Waals surface area contributed by atoms with Crippen molar-refractivity contribution in [1.29, 1.82) is 0 Å². The third-order valence-electron chi connectivity index (χ3n) is 2.87. The summed E-state index contributed by atoms with van der Waals surface area (Å²) in [5.41, 5.74) is 10.4. The largest absolute Gasteiger partial charge is 0.389 e. The number of rotatable bonds is 4. The lowest BCUT2D eigenvalue weighted by atomic mass is 10.2. The average Bonchev–Trinajstić information content (AvgIpc) is 2.74. The predicted molar refractivity (Wildman–Crippen MR) is 83.8 cm³/mol. The Morgan fingerprint density at radius 2 is 2.16 bits per heavy atom. The number of hydrogen-bond donors (Lipinski definition) is 1. The third kappa shape index (κ3) is 3.08. The number of thiazole rings is 1. The highest BCUT2D eigenvalue weighted by Crippen LogP contribution is 2.22. The van der Waals surface area contributed by atoms with E-state index in [0.717, 1.165) is 29.3 Å². The van der Waals surface area contributed by atoms with Gasteiger partial charge in [-0.3, -0.25) is 0 Å². The van der Waals surface area contributed by atoms with Crippen LogP contribution >= 0.6 is 23.6 Å². The second-order valence-electron chi connectivity index (χ2n) is 4.41. The van der Waals surface area contributed by atoms with Gasteiger partial charge < -0.3 is 10.6 Å². The molecule has 19 heavy (non-hydrogen) atoms. The van der Waals surface area contributed by atoms with E-state index < -0.39 is 0 Å². The fourth-order valence-electron chi connectivity index (χ4n) is 1.79. The molecule has 0 radical (unpaired) electrons. The summed E-state index contributed by atoms with van der Waals surface area (Å²) >= 11 is 6.73. The lowest BCUT2D eigenvalue weighted by Crippen LogP contribution is -2.23. The molecule has 0 amide bonds. The van der Waals surface area contributed by atoms with Gasteiger partial charge >= 0.3 is 0 Å². The molecule has 0 aromatic carbocycles. The summed E-state index contributed by atoms with van der Waals surface area (Å²) in [5.74, 6) is 0.820. The molecule has 2 aromatic rings. The molecule has 6 heteroatoms. The van der Waals surface area contributed by atoms with Crippen molar-refractivity contribution in [2.45, 2.75) is 20.4 Å². The zero-order chi connectivity index (χ0) is 14.0.